The van der Waals surface area contributed by atoms with E-state index in [0.717, 1.165) is 56.0 Å². The number of hydrogen-bond donors (Lipinski definition) is 1. The van der Waals surface area contributed by atoms with Gasteiger partial charge in [-0.05, 0) is 68.7 Å². The summed E-state index contributed by atoms with van der Waals surface area (Å²) in [5, 5.41) is 20.7. The van der Waals surface area contributed by atoms with Gasteiger partial charge in [-0.15, -0.1) is 0 Å². The molecule has 9 heteroatoms. The maximum Gasteiger partial charge on any atom is 0.225 e. The minimum absolute atomic E-state index is 0.0103. The van der Waals surface area contributed by atoms with Crippen LogP contribution in [0.25, 0.3) is 0 Å². The number of nitrogens with zero attached hydrogens (tertiary/aromatic N) is 5. The fraction of sp³-hybridized carbons (Fsp3) is 0.621. The summed E-state index contributed by atoms with van der Waals surface area (Å²) in [5.41, 5.74) is 0.735. The Morgan fingerprint density at radius 2 is 2.11 bits per heavy atom. The molecule has 0 aromatic carbocycles. The quantitative estimate of drug-likeness (QED) is 0.503. The Morgan fingerprint density at radius 3 is 2.71 bits per heavy atom. The van der Waals surface area contributed by atoms with E-state index in [1.807, 2.05) is 35.1 Å². The first-order chi connectivity index (χ1) is 18.3. The fourth-order valence-electron chi connectivity index (χ4n) is 5.94. The van der Waals surface area contributed by atoms with Crippen LogP contribution < -0.4 is 4.90 Å². The van der Waals surface area contributed by atoms with Gasteiger partial charge in [-0.2, -0.15) is 5.26 Å². The Balaban J connectivity index is 1.22. The molecule has 0 radical (unpaired) electrons. The van der Waals surface area contributed by atoms with Crippen LogP contribution in [0.3, 0.4) is 0 Å². The number of nitriles is 1. The van der Waals surface area contributed by atoms with E-state index < -0.39 is 6.41 Å². The Kier molecular flexibility index (Phi) is 8.11. The minimum atomic E-state index is -0.996. The van der Waals surface area contributed by atoms with Crippen molar-refractivity contribution in [1.29, 1.82) is 5.26 Å². The molecule has 2 saturated heterocycles. The van der Waals surface area contributed by atoms with Crippen LogP contribution in [0.1, 0.15) is 44.6 Å². The van der Waals surface area contributed by atoms with Gasteiger partial charge in [-0.1, -0.05) is 30.7 Å². The highest BCUT2D eigenvalue weighted by molar-refractivity contribution is 6.31. The van der Waals surface area contributed by atoms with Crippen LogP contribution in [0.4, 0.5) is 5.82 Å². The van der Waals surface area contributed by atoms with E-state index in [2.05, 4.69) is 29.0 Å². The van der Waals surface area contributed by atoms with Crippen LogP contribution >= 0.6 is 11.6 Å². The normalized spacial score (nSPS) is 27.8. The predicted octanol–water partition coefficient (Wildman–Crippen LogP) is 3.72. The summed E-state index contributed by atoms with van der Waals surface area (Å²) in [6, 6.07) is 5.75. The van der Waals surface area contributed by atoms with E-state index >= 15 is 0 Å². The number of amides is 1. The van der Waals surface area contributed by atoms with E-state index in [-0.39, 0.29) is 35.1 Å². The van der Waals surface area contributed by atoms with Gasteiger partial charge in [0.2, 0.25) is 12.3 Å². The zero-order valence-electron chi connectivity index (χ0n) is 22.3. The average molecular weight is 540 g/mol. The summed E-state index contributed by atoms with van der Waals surface area (Å²) < 4.78 is 5.87. The first-order valence-corrected chi connectivity index (χ1v) is 14.1. The summed E-state index contributed by atoms with van der Waals surface area (Å²) >= 11 is 6.20. The highest BCUT2D eigenvalue weighted by Gasteiger charge is 2.45. The zero-order valence-corrected chi connectivity index (χ0v) is 23.1. The molecule has 1 aromatic rings. The van der Waals surface area contributed by atoms with Crippen molar-refractivity contribution in [1.82, 2.24) is 14.8 Å². The third kappa shape index (κ3) is 6.07. The van der Waals surface area contributed by atoms with Crippen LogP contribution in [-0.2, 0) is 9.53 Å². The van der Waals surface area contributed by atoms with E-state index in [4.69, 9.17) is 21.6 Å². The number of allylic oxidation sites excluding steroid dienone is 4. The lowest BCUT2D eigenvalue weighted by Gasteiger charge is -2.35. The fourth-order valence-corrected chi connectivity index (χ4v) is 6.10. The molecule has 2 aliphatic carbocycles. The summed E-state index contributed by atoms with van der Waals surface area (Å²) in [4.78, 5) is 24.2. The van der Waals surface area contributed by atoms with Gasteiger partial charge >= 0.3 is 0 Å². The second-order valence-corrected chi connectivity index (χ2v) is 12.2. The number of aliphatic hydroxyl groups excluding tert-OH is 1. The van der Waals surface area contributed by atoms with Crippen molar-refractivity contribution in [3.8, 4) is 6.07 Å². The van der Waals surface area contributed by atoms with Crippen molar-refractivity contribution in [2.24, 2.45) is 23.2 Å². The number of anilines is 1. The number of halogens is 1. The Morgan fingerprint density at radius 1 is 1.34 bits per heavy atom. The SMILES string of the molecule is CN(C(O)OCC1(C)CC1)C1CN(C(=O)C2CCN(c3ccc(C#N)cn3)CC2)CC1C1C=CC(Cl)=CC1. The second-order valence-electron chi connectivity index (χ2n) is 11.7. The maximum atomic E-state index is 13.7. The molecule has 4 aliphatic rings. The smallest absolute Gasteiger partial charge is 0.225 e. The summed E-state index contributed by atoms with van der Waals surface area (Å²) in [6.45, 7) is 5.50. The molecule has 1 N–H and O–H groups in total. The van der Waals surface area contributed by atoms with Gasteiger partial charge in [0.05, 0.1) is 12.2 Å². The van der Waals surface area contributed by atoms with E-state index in [1.165, 1.54) is 0 Å². The third-order valence-corrected chi connectivity index (χ3v) is 9.16. The van der Waals surface area contributed by atoms with Crippen LogP contribution in [0, 0.1) is 34.5 Å². The highest BCUT2D eigenvalue weighted by Crippen LogP contribution is 2.45. The molecular weight excluding hydrogens is 502 g/mol. The number of aromatic nitrogens is 1. The highest BCUT2D eigenvalue weighted by atomic mass is 35.5. The molecule has 1 aromatic heterocycles. The number of pyridine rings is 1. The number of piperidine rings is 1. The molecule has 4 atom stereocenters. The molecule has 4 unspecified atom stereocenters. The van der Waals surface area contributed by atoms with Crippen molar-refractivity contribution in [2.75, 3.05) is 44.7 Å². The Labute approximate surface area is 230 Å². The number of rotatable bonds is 8. The lowest BCUT2D eigenvalue weighted by atomic mass is 9.83. The summed E-state index contributed by atoms with van der Waals surface area (Å²) in [7, 11) is 1.91. The van der Waals surface area contributed by atoms with Crippen LogP contribution in [0.15, 0.2) is 41.6 Å². The maximum absolute atomic E-state index is 13.7. The molecule has 5 rings (SSSR count). The van der Waals surface area contributed by atoms with Crippen molar-refractivity contribution >= 4 is 23.3 Å². The monoisotopic (exact) mass is 539 g/mol. The standard InChI is InChI=1S/C29H38ClN5O3/c1-29(11-12-29)19-38-28(37)33(2)25-18-35(17-24(25)21-4-6-23(30)7-5-21)27(36)22-9-13-34(14-10-22)26-8-3-20(15-31)16-32-26/h3-4,6-8,16,21-22,24-25,28,37H,5,9-14,17-19H2,1-2H3. The van der Waals surface area contributed by atoms with Crippen LogP contribution in [0.5, 0.6) is 0 Å². The van der Waals surface area contributed by atoms with E-state index in [1.54, 1.807) is 12.3 Å². The number of carbonyl (C=O) groups is 1. The molecule has 1 saturated carbocycles. The average Bonchev–Trinajstić information content (AvgIpc) is 3.52. The van der Waals surface area contributed by atoms with Gasteiger partial charge in [0.25, 0.3) is 0 Å². The first kappa shape index (κ1) is 27.1. The van der Waals surface area contributed by atoms with Crippen molar-refractivity contribution < 1.29 is 14.6 Å². The molecule has 204 valence electrons. The lowest BCUT2D eigenvalue weighted by Crippen LogP contribution is -2.48. The van der Waals surface area contributed by atoms with E-state index in [0.29, 0.717) is 25.3 Å². The van der Waals surface area contributed by atoms with Gasteiger partial charge in [0, 0.05) is 55.3 Å². The molecule has 1 amide bonds. The topological polar surface area (TPSA) is 92.9 Å². The molecular formula is C29H38ClN5O3. The number of ether oxygens (including phenoxy) is 1. The first-order valence-electron chi connectivity index (χ1n) is 13.7. The van der Waals surface area contributed by atoms with Crippen molar-refractivity contribution in [3.05, 3.63) is 47.2 Å². The number of aliphatic hydroxyl groups is 1. The van der Waals surface area contributed by atoms with E-state index in [9.17, 15) is 9.90 Å². The zero-order chi connectivity index (χ0) is 26.9. The Bertz CT molecular complexity index is 1100. The predicted molar refractivity (Wildman–Crippen MR) is 146 cm³/mol. The second kappa shape index (κ2) is 11.4. The largest absolute Gasteiger partial charge is 0.357 e. The molecule has 3 fully saturated rings. The van der Waals surface area contributed by atoms with Crippen LogP contribution in [-0.4, -0.2) is 78.1 Å². The number of hydrogen-bond acceptors (Lipinski definition) is 7. The Hall–Kier alpha value is -2.44. The van der Waals surface area contributed by atoms with Crippen molar-refractivity contribution in [2.45, 2.75) is 51.5 Å². The molecule has 0 spiro atoms. The van der Waals surface area contributed by atoms with Gasteiger partial charge < -0.3 is 19.6 Å². The summed E-state index contributed by atoms with van der Waals surface area (Å²) in [6.07, 6.45) is 11.4. The van der Waals surface area contributed by atoms with Gasteiger partial charge in [-0.25, -0.2) is 4.98 Å². The number of carbonyl (C=O) groups excluding carboxylic acids is 1. The number of likely N-dealkylation sites (tertiary alicyclic amines) is 1. The molecule has 3 heterocycles. The number of likely N-dealkylation sites (N-methyl/N-ethyl adjacent to an activating group) is 1. The molecule has 38 heavy (non-hydrogen) atoms. The van der Waals surface area contributed by atoms with Crippen molar-refractivity contribution in [3.63, 3.8) is 0 Å². The van der Waals surface area contributed by atoms with Gasteiger partial charge in [0.1, 0.15) is 11.9 Å². The molecule has 8 nitrogen and oxygen atoms in total. The molecule has 0 bridgehead atoms. The minimum Gasteiger partial charge on any atom is -0.357 e. The summed E-state index contributed by atoms with van der Waals surface area (Å²) in [5.74, 6) is 1.45. The third-order valence-electron chi connectivity index (χ3n) is 8.88. The lowest BCUT2D eigenvalue weighted by molar-refractivity contribution is -0.207. The van der Waals surface area contributed by atoms with Gasteiger partial charge in [0.15, 0.2) is 0 Å². The van der Waals surface area contributed by atoms with Crippen LogP contribution in [0.2, 0.25) is 0 Å². The molecule has 2 aliphatic heterocycles. The van der Waals surface area contributed by atoms with Gasteiger partial charge in [-0.3, -0.25) is 9.69 Å².